The molecule has 0 bridgehead atoms. The molecule has 3 aromatic rings. The smallest absolute Gasteiger partial charge is 0.347 e. The molecule has 0 aliphatic rings. The molecule has 1 heterocycles. The molecule has 0 spiro atoms. The van der Waals surface area contributed by atoms with Gasteiger partial charge in [-0.1, -0.05) is 78.1 Å². The van der Waals surface area contributed by atoms with Gasteiger partial charge in [0.15, 0.2) is 23.9 Å². The van der Waals surface area contributed by atoms with Crippen molar-refractivity contribution in [1.29, 1.82) is 0 Å². The summed E-state index contributed by atoms with van der Waals surface area (Å²) in [5, 5.41) is 21.6. The number of nitrogens with two attached hydrogens (primary N) is 1. The molecule has 0 saturated heterocycles. The predicted molar refractivity (Wildman–Crippen MR) is 187 cm³/mol. The van der Waals surface area contributed by atoms with Crippen LogP contribution in [0.1, 0.15) is 105 Å². The van der Waals surface area contributed by atoms with E-state index < -0.39 is 24.1 Å². The number of hydrogen-bond donors (Lipinski definition) is 3. The van der Waals surface area contributed by atoms with Crippen LogP contribution in [-0.4, -0.2) is 62.5 Å². The average Bonchev–Trinajstić information content (AvgIpc) is 3.07. The van der Waals surface area contributed by atoms with E-state index in [0.717, 1.165) is 38.5 Å². The van der Waals surface area contributed by atoms with Gasteiger partial charge < -0.3 is 34.9 Å². The van der Waals surface area contributed by atoms with E-state index in [9.17, 15) is 19.8 Å². The quantitative estimate of drug-likeness (QED) is 0.0703. The fourth-order valence-electron chi connectivity index (χ4n) is 5.03. The average molecular weight is 681 g/mol. The number of phenolic OH excluding ortho intramolecular Hbond substituents is 2. The van der Waals surface area contributed by atoms with Gasteiger partial charge in [0.25, 0.3) is 0 Å². The summed E-state index contributed by atoms with van der Waals surface area (Å²) in [6.45, 7) is 8.18. The number of esters is 2. The highest BCUT2D eigenvalue weighted by atomic mass is 16.6. The number of benzene rings is 2. The van der Waals surface area contributed by atoms with Crippen LogP contribution in [0.3, 0.4) is 0 Å². The number of rotatable bonds is 22. The molecule has 1 aromatic heterocycles. The van der Waals surface area contributed by atoms with Crippen LogP contribution in [0.4, 0.5) is 5.95 Å². The molecule has 0 aliphatic carbocycles. The normalized spacial score (nSPS) is 12.2. The maximum absolute atomic E-state index is 12.4. The number of carbonyl (C=O) groups is 2. The molecule has 3 rings (SSSR count). The number of aromatic nitrogens is 3. The third-order valence-electron chi connectivity index (χ3n) is 7.85. The van der Waals surface area contributed by atoms with Crippen molar-refractivity contribution < 1.29 is 38.7 Å². The van der Waals surface area contributed by atoms with E-state index in [4.69, 9.17) is 24.7 Å². The lowest BCUT2D eigenvalue weighted by atomic mass is 10.1. The first-order valence-electron chi connectivity index (χ1n) is 17.5. The Balaban J connectivity index is 1.59. The fraction of sp³-hybridized carbons (Fsp3) is 0.541. The SMILES string of the molecule is CCCCCCCCOC(=O)C(C)Oc1ccc(-c2nc(N)nc(-c3ccc(OC(C)C(=O)OCCCCCCCC)cc3O)n2)c(O)c1. The monoisotopic (exact) mass is 680 g/mol. The number of carbonyl (C=O) groups excluding carboxylic acids is 2. The summed E-state index contributed by atoms with van der Waals surface area (Å²) in [5.74, 6) is -0.925. The second kappa shape index (κ2) is 20.7. The van der Waals surface area contributed by atoms with Crippen LogP contribution < -0.4 is 15.2 Å². The minimum Gasteiger partial charge on any atom is -0.507 e. The molecule has 0 saturated carbocycles. The standard InChI is InChI=1S/C37H52N4O8/c1-5-7-9-11-13-15-21-46-35(44)25(3)48-27-17-19-29(31(42)23-27)33-39-34(41-37(38)40-33)30-20-18-28(24-32(30)43)49-26(4)36(45)47-22-16-14-12-10-8-6-2/h17-20,23-26,42-43H,5-16,21-22H2,1-4H3,(H2,38,39,40,41). The lowest BCUT2D eigenvalue weighted by Gasteiger charge is -2.15. The van der Waals surface area contributed by atoms with E-state index in [2.05, 4.69) is 28.8 Å². The summed E-state index contributed by atoms with van der Waals surface area (Å²) in [6, 6.07) is 8.87. The molecule has 2 unspecified atom stereocenters. The number of hydrogen-bond acceptors (Lipinski definition) is 12. The zero-order valence-corrected chi connectivity index (χ0v) is 29.3. The Morgan fingerprint density at radius 2 is 1.02 bits per heavy atom. The van der Waals surface area contributed by atoms with Crippen molar-refractivity contribution in [3.05, 3.63) is 36.4 Å². The summed E-state index contributed by atoms with van der Waals surface area (Å²) in [6.07, 6.45) is 11.3. The highest BCUT2D eigenvalue weighted by Crippen LogP contribution is 2.35. The molecule has 0 aliphatic heterocycles. The molecular formula is C37H52N4O8. The van der Waals surface area contributed by atoms with Crippen molar-refractivity contribution in [1.82, 2.24) is 15.0 Å². The summed E-state index contributed by atoms with van der Waals surface area (Å²) in [7, 11) is 0. The van der Waals surface area contributed by atoms with Gasteiger partial charge in [-0.15, -0.1) is 0 Å². The molecule has 12 nitrogen and oxygen atoms in total. The highest BCUT2D eigenvalue weighted by Gasteiger charge is 2.20. The van der Waals surface area contributed by atoms with Crippen LogP contribution in [0.5, 0.6) is 23.0 Å². The predicted octanol–water partition coefficient (Wildman–Crippen LogP) is 7.54. The van der Waals surface area contributed by atoms with Crippen LogP contribution in [0.25, 0.3) is 22.8 Å². The van der Waals surface area contributed by atoms with Gasteiger partial charge in [0.2, 0.25) is 5.95 Å². The van der Waals surface area contributed by atoms with Gasteiger partial charge in [-0.3, -0.25) is 0 Å². The van der Waals surface area contributed by atoms with Crippen LogP contribution >= 0.6 is 0 Å². The number of ether oxygens (including phenoxy) is 4. The minimum atomic E-state index is -0.876. The minimum absolute atomic E-state index is 0.0550. The van der Waals surface area contributed by atoms with Crippen LogP contribution in [0, 0.1) is 0 Å². The molecule has 4 N–H and O–H groups in total. The number of aromatic hydroxyl groups is 2. The van der Waals surface area contributed by atoms with Crippen molar-refractivity contribution in [2.45, 2.75) is 117 Å². The first kappa shape index (κ1) is 38.8. The van der Waals surface area contributed by atoms with Crippen LogP contribution in [-0.2, 0) is 19.1 Å². The van der Waals surface area contributed by atoms with Gasteiger partial charge in [-0.25, -0.2) is 14.6 Å². The van der Waals surface area contributed by atoms with Gasteiger partial charge in [-0.2, -0.15) is 9.97 Å². The molecule has 0 fully saturated rings. The van der Waals surface area contributed by atoms with E-state index >= 15 is 0 Å². The van der Waals surface area contributed by atoms with Crippen molar-refractivity contribution in [2.75, 3.05) is 18.9 Å². The van der Waals surface area contributed by atoms with Crippen molar-refractivity contribution in [3.63, 3.8) is 0 Å². The van der Waals surface area contributed by atoms with E-state index in [-0.39, 0.29) is 51.7 Å². The zero-order valence-electron chi connectivity index (χ0n) is 29.3. The Labute approximate surface area is 289 Å². The van der Waals surface area contributed by atoms with Crippen LogP contribution in [0.2, 0.25) is 0 Å². The molecule has 2 aromatic carbocycles. The Kier molecular flexibility index (Phi) is 16.4. The first-order chi connectivity index (χ1) is 23.6. The Morgan fingerprint density at radius 1 is 0.633 bits per heavy atom. The number of nitrogens with zero attached hydrogens (tertiary/aromatic N) is 3. The zero-order chi connectivity index (χ0) is 35.6. The van der Waals surface area contributed by atoms with E-state index in [0.29, 0.717) is 13.2 Å². The topological polar surface area (TPSA) is 176 Å². The van der Waals surface area contributed by atoms with E-state index in [1.54, 1.807) is 26.0 Å². The van der Waals surface area contributed by atoms with E-state index in [1.807, 2.05) is 0 Å². The van der Waals surface area contributed by atoms with Gasteiger partial charge in [0.1, 0.15) is 23.0 Å². The van der Waals surface area contributed by atoms with Gasteiger partial charge in [0, 0.05) is 12.1 Å². The van der Waals surface area contributed by atoms with Gasteiger partial charge in [0.05, 0.1) is 24.3 Å². The molecule has 0 amide bonds. The van der Waals surface area contributed by atoms with Crippen molar-refractivity contribution >= 4 is 17.9 Å². The lowest BCUT2D eigenvalue weighted by molar-refractivity contribution is -0.152. The Morgan fingerprint density at radius 3 is 1.41 bits per heavy atom. The second-order valence-corrected chi connectivity index (χ2v) is 12.1. The van der Waals surface area contributed by atoms with E-state index in [1.165, 1.54) is 62.8 Å². The highest BCUT2D eigenvalue weighted by molar-refractivity contribution is 5.76. The Hall–Kier alpha value is -4.61. The molecule has 2 atom stereocenters. The largest absolute Gasteiger partial charge is 0.507 e. The molecular weight excluding hydrogens is 628 g/mol. The van der Waals surface area contributed by atoms with Crippen molar-refractivity contribution in [2.24, 2.45) is 0 Å². The first-order valence-corrected chi connectivity index (χ1v) is 17.5. The van der Waals surface area contributed by atoms with Gasteiger partial charge in [-0.05, 0) is 51.0 Å². The molecule has 0 radical (unpaired) electrons. The lowest BCUT2D eigenvalue weighted by Crippen LogP contribution is -2.26. The molecule has 49 heavy (non-hydrogen) atoms. The third-order valence-corrected chi connectivity index (χ3v) is 7.85. The maximum Gasteiger partial charge on any atom is 0.347 e. The second-order valence-electron chi connectivity index (χ2n) is 12.1. The number of anilines is 1. The number of phenols is 2. The summed E-state index contributed by atoms with van der Waals surface area (Å²) >= 11 is 0. The van der Waals surface area contributed by atoms with Crippen LogP contribution in [0.15, 0.2) is 36.4 Å². The maximum atomic E-state index is 12.4. The number of unbranched alkanes of at least 4 members (excludes halogenated alkanes) is 10. The third kappa shape index (κ3) is 13.1. The summed E-state index contributed by atoms with van der Waals surface area (Å²) < 4.78 is 22.1. The van der Waals surface area contributed by atoms with Gasteiger partial charge >= 0.3 is 11.9 Å². The summed E-state index contributed by atoms with van der Waals surface area (Å²) in [5.41, 5.74) is 6.44. The molecule has 268 valence electrons. The number of nitrogen functional groups attached to an aromatic ring is 1. The molecule has 12 heteroatoms. The summed E-state index contributed by atoms with van der Waals surface area (Å²) in [4.78, 5) is 37.5. The Bertz CT molecular complexity index is 1380. The van der Waals surface area contributed by atoms with Crippen molar-refractivity contribution in [3.8, 4) is 45.8 Å². The fourth-order valence-corrected chi connectivity index (χ4v) is 5.03.